The van der Waals surface area contributed by atoms with Gasteiger partial charge in [0.15, 0.2) is 5.78 Å². The molecule has 1 saturated carbocycles. The van der Waals surface area contributed by atoms with Crippen LogP contribution in [-0.4, -0.2) is 34.9 Å². The van der Waals surface area contributed by atoms with E-state index in [0.29, 0.717) is 18.4 Å². The summed E-state index contributed by atoms with van der Waals surface area (Å²) in [6.07, 6.45) is 9.02. The number of rotatable bonds is 4. The number of piperidine rings is 1. The molecule has 3 heteroatoms. The molecule has 2 heterocycles. The first kappa shape index (κ1) is 14.8. The van der Waals surface area contributed by atoms with Crippen molar-refractivity contribution >= 4 is 5.78 Å². The lowest BCUT2D eigenvalue weighted by atomic mass is 10.1. The SMILES string of the molecule is Cc1cc(C(=O)CN2CCCCC2)c(C)n1C1CCCC1. The Morgan fingerprint density at radius 1 is 1.10 bits per heavy atom. The van der Waals surface area contributed by atoms with Crippen molar-refractivity contribution in [2.75, 3.05) is 19.6 Å². The van der Waals surface area contributed by atoms with Crippen LogP contribution in [0.25, 0.3) is 0 Å². The molecule has 1 aromatic rings. The summed E-state index contributed by atoms with van der Waals surface area (Å²) in [5, 5.41) is 0. The van der Waals surface area contributed by atoms with Crippen LogP contribution in [-0.2, 0) is 0 Å². The Morgan fingerprint density at radius 2 is 1.76 bits per heavy atom. The number of carbonyl (C=O) groups is 1. The summed E-state index contributed by atoms with van der Waals surface area (Å²) in [7, 11) is 0. The van der Waals surface area contributed by atoms with Gasteiger partial charge in [-0.2, -0.15) is 0 Å². The first-order valence-corrected chi connectivity index (χ1v) is 8.61. The predicted octanol–water partition coefficient (Wildman–Crippen LogP) is 3.89. The summed E-state index contributed by atoms with van der Waals surface area (Å²) in [5.74, 6) is 0.314. The fourth-order valence-electron chi connectivity index (χ4n) is 4.19. The number of ketones is 1. The molecule has 0 aromatic carbocycles. The highest BCUT2D eigenvalue weighted by Crippen LogP contribution is 2.33. The van der Waals surface area contributed by atoms with Crippen LogP contribution < -0.4 is 0 Å². The molecule has 0 amide bonds. The van der Waals surface area contributed by atoms with E-state index in [1.165, 1.54) is 56.3 Å². The van der Waals surface area contributed by atoms with Gasteiger partial charge in [-0.05, 0) is 58.7 Å². The van der Waals surface area contributed by atoms with E-state index in [1.807, 2.05) is 0 Å². The van der Waals surface area contributed by atoms with E-state index in [9.17, 15) is 4.79 Å². The van der Waals surface area contributed by atoms with Crippen molar-refractivity contribution < 1.29 is 4.79 Å². The number of Topliss-reactive ketones (excluding diaryl/α,β-unsaturated/α-hetero) is 1. The van der Waals surface area contributed by atoms with Gasteiger partial charge in [-0.25, -0.2) is 0 Å². The maximum Gasteiger partial charge on any atom is 0.178 e. The zero-order valence-corrected chi connectivity index (χ0v) is 13.5. The number of hydrogen-bond acceptors (Lipinski definition) is 2. The van der Waals surface area contributed by atoms with Crippen molar-refractivity contribution in [3.8, 4) is 0 Å². The van der Waals surface area contributed by atoms with Gasteiger partial charge >= 0.3 is 0 Å². The third-order valence-electron chi connectivity index (χ3n) is 5.29. The Labute approximate surface area is 128 Å². The molecule has 3 nitrogen and oxygen atoms in total. The van der Waals surface area contributed by atoms with E-state index in [0.717, 1.165) is 18.7 Å². The zero-order chi connectivity index (χ0) is 14.8. The molecule has 0 radical (unpaired) electrons. The smallest absolute Gasteiger partial charge is 0.178 e. The fourth-order valence-corrected chi connectivity index (χ4v) is 4.19. The van der Waals surface area contributed by atoms with Crippen LogP contribution in [0.2, 0.25) is 0 Å². The van der Waals surface area contributed by atoms with Crippen molar-refractivity contribution in [2.24, 2.45) is 0 Å². The molecule has 0 spiro atoms. The lowest BCUT2D eigenvalue weighted by molar-refractivity contribution is 0.0915. The second-order valence-electron chi connectivity index (χ2n) is 6.85. The maximum atomic E-state index is 12.7. The van der Waals surface area contributed by atoms with Crippen LogP contribution >= 0.6 is 0 Å². The Kier molecular flexibility index (Phi) is 4.48. The van der Waals surface area contributed by atoms with E-state index in [-0.39, 0.29) is 0 Å². The normalized spacial score (nSPS) is 21.0. The summed E-state index contributed by atoms with van der Waals surface area (Å²) >= 11 is 0. The number of likely N-dealkylation sites (tertiary alicyclic amines) is 1. The molecule has 3 rings (SSSR count). The Bertz CT molecular complexity index is 506. The average molecular weight is 288 g/mol. The number of nitrogens with zero attached hydrogens (tertiary/aromatic N) is 2. The van der Waals surface area contributed by atoms with Crippen molar-refractivity contribution in [1.29, 1.82) is 0 Å². The maximum absolute atomic E-state index is 12.7. The largest absolute Gasteiger partial charge is 0.345 e. The second-order valence-corrected chi connectivity index (χ2v) is 6.85. The van der Waals surface area contributed by atoms with Crippen molar-refractivity contribution in [1.82, 2.24) is 9.47 Å². The summed E-state index contributed by atoms with van der Waals surface area (Å²) in [4.78, 5) is 15.0. The number of carbonyl (C=O) groups excluding carboxylic acids is 1. The summed E-state index contributed by atoms with van der Waals surface area (Å²) in [6, 6.07) is 2.75. The zero-order valence-electron chi connectivity index (χ0n) is 13.5. The van der Waals surface area contributed by atoms with Gasteiger partial charge in [0.2, 0.25) is 0 Å². The van der Waals surface area contributed by atoms with Gasteiger partial charge in [0.05, 0.1) is 6.54 Å². The molecule has 21 heavy (non-hydrogen) atoms. The van der Waals surface area contributed by atoms with E-state index in [2.05, 4.69) is 29.4 Å². The number of hydrogen-bond donors (Lipinski definition) is 0. The quantitative estimate of drug-likeness (QED) is 0.785. The molecule has 1 aliphatic carbocycles. The van der Waals surface area contributed by atoms with Gasteiger partial charge in [0.1, 0.15) is 0 Å². The van der Waals surface area contributed by atoms with Crippen molar-refractivity contribution in [3.63, 3.8) is 0 Å². The first-order valence-electron chi connectivity index (χ1n) is 8.61. The molecule has 116 valence electrons. The molecule has 1 aromatic heterocycles. The van der Waals surface area contributed by atoms with Crippen LogP contribution in [0.1, 0.15) is 72.7 Å². The van der Waals surface area contributed by atoms with Crippen LogP contribution in [0.15, 0.2) is 6.07 Å². The molecule has 0 N–H and O–H groups in total. The van der Waals surface area contributed by atoms with Gasteiger partial charge in [0, 0.05) is 23.0 Å². The minimum Gasteiger partial charge on any atom is -0.345 e. The molecule has 0 unspecified atom stereocenters. The highest BCUT2D eigenvalue weighted by molar-refractivity contribution is 5.99. The summed E-state index contributed by atoms with van der Waals surface area (Å²) < 4.78 is 2.43. The van der Waals surface area contributed by atoms with Crippen LogP contribution in [0.5, 0.6) is 0 Å². The minimum atomic E-state index is 0.314. The topological polar surface area (TPSA) is 25.2 Å². The van der Waals surface area contributed by atoms with E-state index in [4.69, 9.17) is 0 Å². The van der Waals surface area contributed by atoms with Crippen LogP contribution in [0, 0.1) is 13.8 Å². The van der Waals surface area contributed by atoms with Gasteiger partial charge in [-0.15, -0.1) is 0 Å². The lowest BCUT2D eigenvalue weighted by Gasteiger charge is -2.25. The van der Waals surface area contributed by atoms with Gasteiger partial charge in [-0.1, -0.05) is 19.3 Å². The summed E-state index contributed by atoms with van der Waals surface area (Å²) in [5.41, 5.74) is 3.42. The molecular formula is C18H28N2O. The van der Waals surface area contributed by atoms with Gasteiger partial charge < -0.3 is 4.57 Å². The standard InChI is InChI=1S/C18H28N2O/c1-14-12-17(15(2)20(14)16-8-4-5-9-16)18(21)13-19-10-6-3-7-11-19/h12,16H,3-11,13H2,1-2H3. The number of aryl methyl sites for hydroxylation is 1. The molecule has 2 aliphatic rings. The van der Waals surface area contributed by atoms with E-state index in [1.54, 1.807) is 0 Å². The highest BCUT2D eigenvalue weighted by Gasteiger charge is 2.24. The minimum absolute atomic E-state index is 0.314. The Balaban J connectivity index is 1.75. The van der Waals surface area contributed by atoms with Gasteiger partial charge in [0.25, 0.3) is 0 Å². The Hall–Kier alpha value is -1.09. The third kappa shape index (κ3) is 3.08. The van der Waals surface area contributed by atoms with Crippen molar-refractivity contribution in [3.05, 3.63) is 23.0 Å². The van der Waals surface area contributed by atoms with E-state index < -0.39 is 0 Å². The lowest BCUT2D eigenvalue weighted by Crippen LogP contribution is -2.34. The third-order valence-corrected chi connectivity index (χ3v) is 5.29. The van der Waals surface area contributed by atoms with Crippen LogP contribution in [0.4, 0.5) is 0 Å². The molecular weight excluding hydrogens is 260 g/mol. The molecule has 0 atom stereocenters. The second kappa shape index (κ2) is 6.35. The molecule has 0 bridgehead atoms. The molecule has 2 fully saturated rings. The van der Waals surface area contributed by atoms with Gasteiger partial charge in [-0.3, -0.25) is 9.69 Å². The van der Waals surface area contributed by atoms with Crippen molar-refractivity contribution in [2.45, 2.75) is 64.8 Å². The molecule has 1 saturated heterocycles. The summed E-state index contributed by atoms with van der Waals surface area (Å²) in [6.45, 7) is 7.08. The van der Waals surface area contributed by atoms with E-state index >= 15 is 0 Å². The average Bonchev–Trinajstić information content (AvgIpc) is 3.08. The first-order chi connectivity index (χ1) is 10.2. The fraction of sp³-hybridized carbons (Fsp3) is 0.722. The highest BCUT2D eigenvalue weighted by atomic mass is 16.1. The molecule has 1 aliphatic heterocycles. The Morgan fingerprint density at radius 3 is 2.43 bits per heavy atom. The monoisotopic (exact) mass is 288 g/mol. The number of aromatic nitrogens is 1. The van der Waals surface area contributed by atoms with Crippen LogP contribution in [0.3, 0.4) is 0 Å². The predicted molar refractivity (Wildman–Crippen MR) is 86.0 cm³/mol.